The molecule has 0 spiro atoms. The van der Waals surface area contributed by atoms with Crippen LogP contribution in [0.1, 0.15) is 0 Å². The Labute approximate surface area is 81.4 Å². The summed E-state index contributed by atoms with van der Waals surface area (Å²) in [7, 11) is 0. The fraction of sp³-hybridized carbons (Fsp3) is 0. The molecule has 0 atom stereocenters. The van der Waals surface area contributed by atoms with Gasteiger partial charge in [-0.05, 0) is 18.2 Å². The third-order valence-corrected chi connectivity index (χ3v) is 1.37. The number of nitrogens with zero attached hydrogens (tertiary/aromatic N) is 1. The average molecular weight is 189 g/mol. The smallest absolute Gasteiger partial charge is 0.247 e. The van der Waals surface area contributed by atoms with Gasteiger partial charge in [-0.25, -0.2) is 4.98 Å². The van der Waals surface area contributed by atoms with Gasteiger partial charge in [-0.2, -0.15) is 0 Å². The fourth-order valence-electron chi connectivity index (χ4n) is 0.753. The summed E-state index contributed by atoms with van der Waals surface area (Å²) in [6, 6.07) is 10.4. The topological polar surface area (TPSA) is 71.8 Å². The van der Waals surface area contributed by atoms with E-state index in [9.17, 15) is 4.79 Å². The molecule has 2 aromatic heterocycles. The number of nitrogen functional groups attached to an aromatic ring is 1. The summed E-state index contributed by atoms with van der Waals surface area (Å²) in [4.78, 5) is 16.4. The van der Waals surface area contributed by atoms with Gasteiger partial charge in [-0.3, -0.25) is 4.79 Å². The minimum Gasteiger partial charge on any atom is -0.384 e. The molecule has 0 saturated heterocycles. The molecule has 2 rings (SSSR count). The van der Waals surface area contributed by atoms with Crippen LogP contribution in [-0.4, -0.2) is 9.97 Å². The van der Waals surface area contributed by atoms with E-state index in [1.54, 1.807) is 30.6 Å². The summed E-state index contributed by atoms with van der Waals surface area (Å²) in [5.41, 5.74) is 5.19. The van der Waals surface area contributed by atoms with E-state index in [-0.39, 0.29) is 5.56 Å². The predicted molar refractivity (Wildman–Crippen MR) is 55.7 cm³/mol. The van der Waals surface area contributed by atoms with Gasteiger partial charge < -0.3 is 10.7 Å². The van der Waals surface area contributed by atoms with Crippen LogP contribution in [0.4, 0.5) is 5.82 Å². The molecule has 0 saturated carbocycles. The van der Waals surface area contributed by atoms with Crippen LogP contribution < -0.4 is 11.3 Å². The molecule has 0 amide bonds. The summed E-state index contributed by atoms with van der Waals surface area (Å²) in [5, 5.41) is 0. The van der Waals surface area contributed by atoms with E-state index in [4.69, 9.17) is 5.73 Å². The van der Waals surface area contributed by atoms with Gasteiger partial charge in [-0.15, -0.1) is 0 Å². The van der Waals surface area contributed by atoms with Crippen LogP contribution in [0, 0.1) is 0 Å². The van der Waals surface area contributed by atoms with Gasteiger partial charge >= 0.3 is 0 Å². The molecule has 0 aliphatic heterocycles. The van der Waals surface area contributed by atoms with Gasteiger partial charge in [0, 0.05) is 18.5 Å². The van der Waals surface area contributed by atoms with Crippen molar-refractivity contribution < 1.29 is 0 Å². The van der Waals surface area contributed by atoms with Crippen molar-refractivity contribution in [1.82, 2.24) is 9.97 Å². The Bertz CT molecular complexity index is 393. The fourth-order valence-corrected chi connectivity index (χ4v) is 0.753. The SMILES string of the molecule is Nc1ccccn1.O=c1cccc[nH]1. The Hall–Kier alpha value is -2.10. The van der Waals surface area contributed by atoms with Crippen LogP contribution in [0.3, 0.4) is 0 Å². The number of pyridine rings is 2. The normalized spacial score (nSPS) is 8.57. The quantitative estimate of drug-likeness (QED) is 0.650. The lowest BCUT2D eigenvalue weighted by Crippen LogP contribution is -1.98. The second-order valence-electron chi connectivity index (χ2n) is 2.48. The minimum atomic E-state index is -0.0532. The van der Waals surface area contributed by atoms with Gasteiger partial charge in [0.15, 0.2) is 0 Å². The van der Waals surface area contributed by atoms with Gasteiger partial charge in [0.2, 0.25) is 5.56 Å². The Balaban J connectivity index is 0.000000140. The molecule has 14 heavy (non-hydrogen) atoms. The van der Waals surface area contributed by atoms with Crippen molar-refractivity contribution >= 4 is 5.82 Å². The van der Waals surface area contributed by atoms with E-state index in [2.05, 4.69) is 9.97 Å². The molecule has 2 heterocycles. The third kappa shape index (κ3) is 4.06. The molecule has 0 aliphatic carbocycles. The minimum absolute atomic E-state index is 0.0532. The molecule has 72 valence electrons. The zero-order chi connectivity index (χ0) is 10.2. The van der Waals surface area contributed by atoms with E-state index in [1.165, 1.54) is 6.07 Å². The van der Waals surface area contributed by atoms with Crippen LogP contribution in [0.2, 0.25) is 0 Å². The highest BCUT2D eigenvalue weighted by Gasteiger charge is 1.73. The monoisotopic (exact) mass is 189 g/mol. The molecule has 3 N–H and O–H groups in total. The highest BCUT2D eigenvalue weighted by atomic mass is 16.1. The van der Waals surface area contributed by atoms with Crippen molar-refractivity contribution in [1.29, 1.82) is 0 Å². The number of H-pyrrole nitrogens is 1. The lowest BCUT2D eigenvalue weighted by atomic mass is 10.5. The first-order valence-electron chi connectivity index (χ1n) is 4.09. The number of nitrogens with two attached hydrogens (primary N) is 1. The number of hydrogen-bond donors (Lipinski definition) is 2. The molecule has 0 radical (unpaired) electrons. The first-order valence-corrected chi connectivity index (χ1v) is 4.09. The van der Waals surface area contributed by atoms with Crippen LogP contribution >= 0.6 is 0 Å². The molecular formula is C10H11N3O. The van der Waals surface area contributed by atoms with Gasteiger partial charge in [0.1, 0.15) is 5.82 Å². The number of nitrogens with one attached hydrogen (secondary N) is 1. The Morgan fingerprint density at radius 1 is 1.14 bits per heavy atom. The second-order valence-corrected chi connectivity index (χ2v) is 2.48. The Morgan fingerprint density at radius 2 is 1.93 bits per heavy atom. The maximum absolute atomic E-state index is 10.2. The standard InChI is InChI=1S/C5H6N2.C5H5NO/c6-5-3-1-2-4-7-5;7-5-3-1-2-4-6-5/h1-4H,(H2,6,7);1-4H,(H,6,7). The van der Waals surface area contributed by atoms with Crippen molar-refractivity contribution in [2.24, 2.45) is 0 Å². The zero-order valence-electron chi connectivity index (χ0n) is 7.55. The van der Waals surface area contributed by atoms with Crippen molar-refractivity contribution in [3.63, 3.8) is 0 Å². The molecule has 4 nitrogen and oxygen atoms in total. The second kappa shape index (κ2) is 5.53. The van der Waals surface area contributed by atoms with Crippen LogP contribution in [0.5, 0.6) is 0 Å². The predicted octanol–water partition coefficient (Wildman–Crippen LogP) is 1.04. The number of anilines is 1. The van der Waals surface area contributed by atoms with E-state index in [0.29, 0.717) is 5.82 Å². The molecule has 0 aliphatic rings. The summed E-state index contributed by atoms with van der Waals surface area (Å²) in [6.07, 6.45) is 3.26. The van der Waals surface area contributed by atoms with E-state index < -0.39 is 0 Å². The Kier molecular flexibility index (Phi) is 3.94. The van der Waals surface area contributed by atoms with Crippen LogP contribution in [-0.2, 0) is 0 Å². The zero-order valence-corrected chi connectivity index (χ0v) is 7.55. The lowest BCUT2D eigenvalue weighted by molar-refractivity contribution is 1.24. The van der Waals surface area contributed by atoms with Crippen molar-refractivity contribution in [3.8, 4) is 0 Å². The molecule has 0 fully saturated rings. The maximum Gasteiger partial charge on any atom is 0.247 e. The largest absolute Gasteiger partial charge is 0.384 e. The van der Waals surface area contributed by atoms with Crippen molar-refractivity contribution in [2.75, 3.05) is 5.73 Å². The van der Waals surface area contributed by atoms with Gasteiger partial charge in [0.25, 0.3) is 0 Å². The number of hydrogen-bond acceptors (Lipinski definition) is 3. The molecule has 0 unspecified atom stereocenters. The van der Waals surface area contributed by atoms with E-state index in [0.717, 1.165) is 0 Å². The van der Waals surface area contributed by atoms with Crippen LogP contribution in [0.15, 0.2) is 53.6 Å². The highest BCUT2D eigenvalue weighted by Crippen LogP contribution is 1.89. The van der Waals surface area contributed by atoms with Gasteiger partial charge in [-0.1, -0.05) is 12.1 Å². The summed E-state index contributed by atoms with van der Waals surface area (Å²) < 4.78 is 0. The molecular weight excluding hydrogens is 178 g/mol. The summed E-state index contributed by atoms with van der Waals surface area (Å²) in [5.74, 6) is 0.572. The number of rotatable bonds is 0. The number of aromatic nitrogens is 2. The van der Waals surface area contributed by atoms with Crippen molar-refractivity contribution in [3.05, 3.63) is 59.1 Å². The summed E-state index contributed by atoms with van der Waals surface area (Å²) in [6.45, 7) is 0. The average Bonchev–Trinajstić information content (AvgIpc) is 2.21. The molecule has 4 heteroatoms. The first kappa shape index (κ1) is 9.98. The third-order valence-electron chi connectivity index (χ3n) is 1.37. The first-order chi connectivity index (χ1) is 6.79. The molecule has 0 bridgehead atoms. The molecule has 2 aromatic rings. The van der Waals surface area contributed by atoms with E-state index >= 15 is 0 Å². The number of aromatic amines is 1. The highest BCUT2D eigenvalue weighted by molar-refractivity contribution is 5.25. The summed E-state index contributed by atoms with van der Waals surface area (Å²) >= 11 is 0. The Morgan fingerprint density at radius 3 is 2.21 bits per heavy atom. The maximum atomic E-state index is 10.2. The van der Waals surface area contributed by atoms with E-state index in [1.807, 2.05) is 12.1 Å². The lowest BCUT2D eigenvalue weighted by Gasteiger charge is -1.82. The van der Waals surface area contributed by atoms with Crippen molar-refractivity contribution in [2.45, 2.75) is 0 Å². The molecule has 0 aromatic carbocycles. The van der Waals surface area contributed by atoms with Gasteiger partial charge in [0.05, 0.1) is 0 Å². The van der Waals surface area contributed by atoms with Crippen LogP contribution in [0.25, 0.3) is 0 Å².